The molecule has 7 heteroatoms. The lowest BCUT2D eigenvalue weighted by molar-refractivity contribution is -0.116. The molecule has 0 aliphatic heterocycles. The molecule has 0 unspecified atom stereocenters. The summed E-state index contributed by atoms with van der Waals surface area (Å²) in [6.45, 7) is 0.282. The normalized spacial score (nSPS) is 10.8. The standard InChI is InChI=1S/C22H17BrFN3O2/c23-17-12-15(24)10-11-18(17)26-22(28)13-27-20-9-5-4-8-19(20)25-21(27)14-29-16-6-2-1-3-7-16/h1-12H,13-14H2,(H,26,28). The van der Waals surface area contributed by atoms with Gasteiger partial charge in [0.05, 0.1) is 16.7 Å². The van der Waals surface area contributed by atoms with Crippen LogP contribution >= 0.6 is 15.9 Å². The van der Waals surface area contributed by atoms with E-state index in [-0.39, 0.29) is 24.9 Å². The van der Waals surface area contributed by atoms with Crippen molar-refractivity contribution in [1.82, 2.24) is 9.55 Å². The first-order chi connectivity index (χ1) is 14.1. The molecular formula is C22H17BrFN3O2. The van der Waals surface area contributed by atoms with Crippen molar-refractivity contribution >= 4 is 38.6 Å². The molecule has 4 rings (SSSR count). The first-order valence-corrected chi connectivity index (χ1v) is 9.76. The zero-order valence-electron chi connectivity index (χ0n) is 15.3. The zero-order valence-corrected chi connectivity index (χ0v) is 16.9. The van der Waals surface area contributed by atoms with Crippen molar-refractivity contribution in [1.29, 1.82) is 0 Å². The van der Waals surface area contributed by atoms with Gasteiger partial charge in [-0.2, -0.15) is 0 Å². The number of carbonyl (C=O) groups excluding carboxylic acids is 1. The summed E-state index contributed by atoms with van der Waals surface area (Å²) in [4.78, 5) is 17.3. The summed E-state index contributed by atoms with van der Waals surface area (Å²) >= 11 is 3.26. The lowest BCUT2D eigenvalue weighted by Gasteiger charge is -2.12. The highest BCUT2D eigenvalue weighted by Crippen LogP contribution is 2.24. The van der Waals surface area contributed by atoms with Crippen molar-refractivity contribution < 1.29 is 13.9 Å². The Morgan fingerprint density at radius 3 is 2.62 bits per heavy atom. The van der Waals surface area contributed by atoms with E-state index in [2.05, 4.69) is 26.2 Å². The van der Waals surface area contributed by atoms with Crippen LogP contribution in [0.15, 0.2) is 77.3 Å². The Hall–Kier alpha value is -3.19. The van der Waals surface area contributed by atoms with Gasteiger partial charge < -0.3 is 14.6 Å². The summed E-state index contributed by atoms with van der Waals surface area (Å²) in [5.74, 6) is 0.742. The summed E-state index contributed by atoms with van der Waals surface area (Å²) < 4.78 is 21.4. The van der Waals surface area contributed by atoms with Crippen LogP contribution in [0.5, 0.6) is 5.75 Å². The number of ether oxygens (including phenoxy) is 1. The third kappa shape index (κ3) is 4.46. The smallest absolute Gasteiger partial charge is 0.244 e. The minimum absolute atomic E-state index is 0.0534. The van der Waals surface area contributed by atoms with Crippen molar-refractivity contribution in [3.8, 4) is 5.75 Å². The number of para-hydroxylation sites is 3. The van der Waals surface area contributed by atoms with Gasteiger partial charge in [-0.3, -0.25) is 4.79 Å². The van der Waals surface area contributed by atoms with Gasteiger partial charge in [0.15, 0.2) is 0 Å². The van der Waals surface area contributed by atoms with Gasteiger partial charge >= 0.3 is 0 Å². The summed E-state index contributed by atoms with van der Waals surface area (Å²) in [5, 5.41) is 2.80. The molecule has 0 atom stereocenters. The van der Waals surface area contributed by atoms with Crippen molar-refractivity contribution in [3.05, 3.63) is 88.9 Å². The number of imidazole rings is 1. The van der Waals surface area contributed by atoms with Crippen LogP contribution in [0.25, 0.3) is 11.0 Å². The Morgan fingerprint density at radius 1 is 1.07 bits per heavy atom. The SMILES string of the molecule is O=C(Cn1c(COc2ccccc2)nc2ccccc21)Nc1ccc(F)cc1Br. The lowest BCUT2D eigenvalue weighted by Crippen LogP contribution is -2.21. The van der Waals surface area contributed by atoms with E-state index in [0.29, 0.717) is 16.0 Å². The number of benzene rings is 3. The van der Waals surface area contributed by atoms with Crippen LogP contribution < -0.4 is 10.1 Å². The van der Waals surface area contributed by atoms with E-state index in [1.54, 1.807) is 0 Å². The van der Waals surface area contributed by atoms with Gasteiger partial charge in [0.1, 0.15) is 30.5 Å². The average Bonchev–Trinajstić information content (AvgIpc) is 3.07. The molecule has 1 aromatic heterocycles. The molecule has 29 heavy (non-hydrogen) atoms. The molecule has 3 aromatic carbocycles. The van der Waals surface area contributed by atoms with Gasteiger partial charge in [-0.05, 0) is 58.4 Å². The molecule has 0 spiro atoms. The maximum Gasteiger partial charge on any atom is 0.244 e. The molecule has 1 N–H and O–H groups in total. The number of rotatable bonds is 6. The number of hydrogen-bond donors (Lipinski definition) is 1. The molecule has 0 saturated carbocycles. The second kappa shape index (κ2) is 8.45. The molecule has 1 amide bonds. The molecule has 0 aliphatic carbocycles. The number of carbonyl (C=O) groups is 1. The number of amides is 1. The highest BCUT2D eigenvalue weighted by Gasteiger charge is 2.15. The van der Waals surface area contributed by atoms with Crippen LogP contribution in [0.4, 0.5) is 10.1 Å². The predicted octanol–water partition coefficient (Wildman–Crippen LogP) is 5.16. The fourth-order valence-electron chi connectivity index (χ4n) is 3.00. The Labute approximate surface area is 175 Å². The molecule has 0 bridgehead atoms. The largest absolute Gasteiger partial charge is 0.486 e. The third-order valence-electron chi connectivity index (χ3n) is 4.35. The van der Waals surface area contributed by atoms with E-state index in [4.69, 9.17) is 4.74 Å². The van der Waals surface area contributed by atoms with Crippen molar-refractivity contribution in [2.24, 2.45) is 0 Å². The van der Waals surface area contributed by atoms with Gasteiger partial charge in [0, 0.05) is 4.47 Å². The first kappa shape index (κ1) is 19.1. The quantitative estimate of drug-likeness (QED) is 0.438. The Balaban J connectivity index is 1.57. The molecule has 1 heterocycles. The van der Waals surface area contributed by atoms with E-state index < -0.39 is 0 Å². The van der Waals surface area contributed by atoms with Gasteiger partial charge in [-0.25, -0.2) is 9.37 Å². The summed E-state index contributed by atoms with van der Waals surface area (Å²) in [5.41, 5.74) is 2.13. The molecule has 0 saturated heterocycles. The number of halogens is 2. The molecule has 0 radical (unpaired) electrons. The van der Waals surface area contributed by atoms with E-state index in [1.807, 2.05) is 59.2 Å². The fourth-order valence-corrected chi connectivity index (χ4v) is 3.45. The number of anilines is 1. The predicted molar refractivity (Wildman–Crippen MR) is 113 cm³/mol. The minimum Gasteiger partial charge on any atom is -0.486 e. The molecular weight excluding hydrogens is 437 g/mol. The fraction of sp³-hybridized carbons (Fsp3) is 0.0909. The van der Waals surface area contributed by atoms with Crippen LogP contribution in [0, 0.1) is 5.82 Å². The molecule has 5 nitrogen and oxygen atoms in total. The van der Waals surface area contributed by atoms with Gasteiger partial charge in [-0.1, -0.05) is 30.3 Å². The lowest BCUT2D eigenvalue weighted by atomic mass is 10.3. The monoisotopic (exact) mass is 453 g/mol. The van der Waals surface area contributed by atoms with E-state index in [0.717, 1.165) is 16.8 Å². The molecule has 0 fully saturated rings. The second-order valence-corrected chi connectivity index (χ2v) is 7.23. The summed E-state index contributed by atoms with van der Waals surface area (Å²) in [6.07, 6.45) is 0. The summed E-state index contributed by atoms with van der Waals surface area (Å²) in [7, 11) is 0. The number of hydrogen-bond acceptors (Lipinski definition) is 3. The maximum absolute atomic E-state index is 13.3. The van der Waals surface area contributed by atoms with Crippen molar-refractivity contribution in [2.45, 2.75) is 13.2 Å². The Bertz CT molecular complexity index is 1160. The molecule has 146 valence electrons. The van der Waals surface area contributed by atoms with Crippen LogP contribution in [0.3, 0.4) is 0 Å². The molecule has 0 aliphatic rings. The maximum atomic E-state index is 13.3. The Kier molecular flexibility index (Phi) is 5.57. The van der Waals surface area contributed by atoms with Crippen LogP contribution in [0.2, 0.25) is 0 Å². The second-order valence-electron chi connectivity index (χ2n) is 6.38. The van der Waals surface area contributed by atoms with Gasteiger partial charge in [-0.15, -0.1) is 0 Å². The average molecular weight is 454 g/mol. The first-order valence-electron chi connectivity index (χ1n) is 8.97. The van der Waals surface area contributed by atoms with E-state index in [9.17, 15) is 9.18 Å². The van der Waals surface area contributed by atoms with E-state index >= 15 is 0 Å². The number of fused-ring (bicyclic) bond motifs is 1. The van der Waals surface area contributed by atoms with Crippen LogP contribution in [-0.4, -0.2) is 15.5 Å². The molecule has 4 aromatic rings. The van der Waals surface area contributed by atoms with Crippen LogP contribution in [0.1, 0.15) is 5.82 Å². The van der Waals surface area contributed by atoms with Crippen molar-refractivity contribution in [2.75, 3.05) is 5.32 Å². The highest BCUT2D eigenvalue weighted by molar-refractivity contribution is 9.10. The van der Waals surface area contributed by atoms with Gasteiger partial charge in [0.2, 0.25) is 5.91 Å². The Morgan fingerprint density at radius 2 is 1.83 bits per heavy atom. The highest BCUT2D eigenvalue weighted by atomic mass is 79.9. The van der Waals surface area contributed by atoms with Crippen molar-refractivity contribution in [3.63, 3.8) is 0 Å². The van der Waals surface area contributed by atoms with E-state index in [1.165, 1.54) is 18.2 Å². The third-order valence-corrected chi connectivity index (χ3v) is 5.01. The van der Waals surface area contributed by atoms with Gasteiger partial charge in [0.25, 0.3) is 0 Å². The summed E-state index contributed by atoms with van der Waals surface area (Å²) in [6, 6.07) is 21.2. The number of nitrogens with one attached hydrogen (secondary N) is 1. The minimum atomic E-state index is -0.379. The zero-order chi connectivity index (χ0) is 20.2. The number of nitrogens with zero attached hydrogens (tertiary/aromatic N) is 2. The topological polar surface area (TPSA) is 56.2 Å². The number of aromatic nitrogens is 2. The van der Waals surface area contributed by atoms with Crippen LogP contribution in [-0.2, 0) is 17.9 Å².